The molecule has 7 heteroatoms. The van der Waals surface area contributed by atoms with Crippen LogP contribution in [0.5, 0.6) is 5.75 Å². The second kappa shape index (κ2) is 5.69. The van der Waals surface area contributed by atoms with Crippen LogP contribution < -0.4 is 10.5 Å². The van der Waals surface area contributed by atoms with Gasteiger partial charge in [0.1, 0.15) is 0 Å². The van der Waals surface area contributed by atoms with E-state index >= 15 is 0 Å². The van der Waals surface area contributed by atoms with Crippen LogP contribution in [-0.4, -0.2) is 11.3 Å². The molecule has 1 aromatic carbocycles. The molecule has 2 rings (SSSR count). The first kappa shape index (κ1) is 15.2. The van der Waals surface area contributed by atoms with Crippen LogP contribution in [0.4, 0.5) is 17.6 Å². The lowest BCUT2D eigenvalue weighted by Gasteiger charge is -2.14. The van der Waals surface area contributed by atoms with E-state index in [9.17, 15) is 17.6 Å². The average molecular weight is 300 g/mol. The molecule has 0 bridgehead atoms. The minimum absolute atomic E-state index is 0.306. The number of alkyl halides is 3. The fraction of sp³-hybridized carbons (Fsp3) is 0.214. The Bertz CT molecular complexity index is 643. The van der Waals surface area contributed by atoms with Crippen molar-refractivity contribution in [3.8, 4) is 5.75 Å². The Kier molecular flexibility index (Phi) is 4.13. The van der Waals surface area contributed by atoms with Crippen LogP contribution in [0, 0.1) is 12.7 Å². The zero-order valence-corrected chi connectivity index (χ0v) is 11.0. The highest BCUT2D eigenvalue weighted by atomic mass is 19.4. The molecule has 1 unspecified atom stereocenters. The van der Waals surface area contributed by atoms with Crippen molar-refractivity contribution < 1.29 is 22.3 Å². The lowest BCUT2D eigenvalue weighted by Crippen LogP contribution is -2.18. The molecule has 21 heavy (non-hydrogen) atoms. The van der Waals surface area contributed by atoms with Crippen LogP contribution in [0.2, 0.25) is 0 Å². The number of aromatic nitrogens is 1. The first-order valence-corrected chi connectivity index (χ1v) is 5.99. The van der Waals surface area contributed by atoms with Gasteiger partial charge >= 0.3 is 6.36 Å². The van der Waals surface area contributed by atoms with Gasteiger partial charge in [0.05, 0.1) is 11.7 Å². The molecule has 0 aliphatic carbocycles. The topological polar surface area (TPSA) is 48.1 Å². The lowest BCUT2D eigenvalue weighted by molar-refractivity contribution is -0.275. The SMILES string of the molecule is Cc1ccnc(C(N)c2ccc(OC(F)(F)F)c(F)c2)c1. The molecule has 2 aromatic rings. The number of pyridine rings is 1. The van der Waals surface area contributed by atoms with Crippen molar-refractivity contribution in [3.63, 3.8) is 0 Å². The summed E-state index contributed by atoms with van der Waals surface area (Å²) in [7, 11) is 0. The van der Waals surface area contributed by atoms with Crippen molar-refractivity contribution >= 4 is 0 Å². The molecule has 1 atom stereocenters. The minimum Gasteiger partial charge on any atom is -0.403 e. The molecule has 2 N–H and O–H groups in total. The van der Waals surface area contributed by atoms with Gasteiger partial charge in [-0.2, -0.15) is 0 Å². The maximum Gasteiger partial charge on any atom is 0.573 e. The Morgan fingerprint density at radius 1 is 1.19 bits per heavy atom. The van der Waals surface area contributed by atoms with Crippen molar-refractivity contribution in [1.29, 1.82) is 0 Å². The minimum atomic E-state index is -4.94. The lowest BCUT2D eigenvalue weighted by atomic mass is 10.0. The summed E-state index contributed by atoms with van der Waals surface area (Å²) in [5.74, 6) is -2.02. The van der Waals surface area contributed by atoms with Gasteiger partial charge in [0.15, 0.2) is 11.6 Å². The zero-order valence-electron chi connectivity index (χ0n) is 11.0. The first-order chi connectivity index (χ1) is 9.76. The number of ether oxygens (including phenoxy) is 1. The summed E-state index contributed by atoms with van der Waals surface area (Å²) in [6, 6.07) is 5.85. The van der Waals surface area contributed by atoms with Crippen molar-refractivity contribution in [2.24, 2.45) is 5.73 Å². The number of rotatable bonds is 3. The molecule has 0 aliphatic heterocycles. The summed E-state index contributed by atoms with van der Waals surface area (Å²) < 4.78 is 53.4. The van der Waals surface area contributed by atoms with Gasteiger partial charge in [-0.05, 0) is 42.3 Å². The molecule has 3 nitrogen and oxygen atoms in total. The maximum absolute atomic E-state index is 13.6. The van der Waals surface area contributed by atoms with Crippen LogP contribution >= 0.6 is 0 Å². The van der Waals surface area contributed by atoms with Crippen molar-refractivity contribution in [2.45, 2.75) is 19.3 Å². The molecule has 112 valence electrons. The van der Waals surface area contributed by atoms with Gasteiger partial charge in [-0.25, -0.2) is 4.39 Å². The number of benzene rings is 1. The molecule has 0 spiro atoms. The summed E-state index contributed by atoms with van der Waals surface area (Å²) in [4.78, 5) is 4.07. The first-order valence-electron chi connectivity index (χ1n) is 5.99. The highest BCUT2D eigenvalue weighted by molar-refractivity contribution is 5.35. The predicted octanol–water partition coefficient (Wildman–Crippen LogP) is 3.48. The normalized spacial score (nSPS) is 13.0. The van der Waals surface area contributed by atoms with E-state index in [0.717, 1.165) is 17.7 Å². The Hall–Kier alpha value is -2.15. The van der Waals surface area contributed by atoms with Crippen molar-refractivity contribution in [1.82, 2.24) is 4.98 Å². The number of hydrogen-bond acceptors (Lipinski definition) is 3. The second-order valence-electron chi connectivity index (χ2n) is 4.47. The summed E-state index contributed by atoms with van der Waals surface area (Å²) in [6.07, 6.45) is -3.38. The standard InChI is InChI=1S/C14H12F4N2O/c1-8-4-5-20-11(6-8)13(19)9-2-3-12(10(15)7-9)21-14(16,17)18/h2-7,13H,19H2,1H3. The van der Waals surface area contributed by atoms with Gasteiger partial charge in [0, 0.05) is 6.20 Å². The molecule has 1 heterocycles. The Morgan fingerprint density at radius 2 is 1.90 bits per heavy atom. The Labute approximate surface area is 118 Å². The quantitative estimate of drug-likeness (QED) is 0.883. The predicted molar refractivity (Wildman–Crippen MR) is 68.1 cm³/mol. The van der Waals surface area contributed by atoms with E-state index in [1.165, 1.54) is 6.07 Å². The number of nitrogens with two attached hydrogens (primary N) is 1. The Morgan fingerprint density at radius 3 is 2.48 bits per heavy atom. The van der Waals surface area contributed by atoms with Gasteiger partial charge in [0.2, 0.25) is 0 Å². The van der Waals surface area contributed by atoms with Crippen LogP contribution in [0.3, 0.4) is 0 Å². The molecule has 0 saturated carbocycles. The van der Waals surface area contributed by atoms with Gasteiger partial charge < -0.3 is 10.5 Å². The van der Waals surface area contributed by atoms with E-state index in [1.807, 2.05) is 6.92 Å². The van der Waals surface area contributed by atoms with Crippen LogP contribution in [0.15, 0.2) is 36.5 Å². The average Bonchev–Trinajstić information content (AvgIpc) is 2.39. The van der Waals surface area contributed by atoms with E-state index < -0.39 is 24.0 Å². The van der Waals surface area contributed by atoms with E-state index in [1.54, 1.807) is 18.3 Å². The van der Waals surface area contributed by atoms with Crippen molar-refractivity contribution in [3.05, 3.63) is 59.2 Å². The van der Waals surface area contributed by atoms with Crippen LogP contribution in [0.1, 0.15) is 22.9 Å². The largest absolute Gasteiger partial charge is 0.573 e. The fourth-order valence-electron chi connectivity index (χ4n) is 1.82. The summed E-state index contributed by atoms with van der Waals surface area (Å²) in [5, 5.41) is 0. The van der Waals surface area contributed by atoms with Gasteiger partial charge in [-0.1, -0.05) is 6.07 Å². The van der Waals surface area contributed by atoms with Gasteiger partial charge in [0.25, 0.3) is 0 Å². The maximum atomic E-state index is 13.6. The molecule has 0 fully saturated rings. The summed E-state index contributed by atoms with van der Waals surface area (Å²) in [5.41, 5.74) is 7.67. The summed E-state index contributed by atoms with van der Waals surface area (Å²) in [6.45, 7) is 1.85. The van der Waals surface area contributed by atoms with Crippen LogP contribution in [-0.2, 0) is 0 Å². The van der Waals surface area contributed by atoms with Gasteiger partial charge in [-0.15, -0.1) is 13.2 Å². The monoisotopic (exact) mass is 300 g/mol. The molecule has 1 aromatic heterocycles. The number of aryl methyl sites for hydroxylation is 1. The number of nitrogens with zero attached hydrogens (tertiary/aromatic N) is 1. The molecule has 0 aliphatic rings. The van der Waals surface area contributed by atoms with Crippen molar-refractivity contribution in [2.75, 3.05) is 0 Å². The van der Waals surface area contributed by atoms with Gasteiger partial charge in [-0.3, -0.25) is 4.98 Å². The second-order valence-corrected chi connectivity index (χ2v) is 4.47. The smallest absolute Gasteiger partial charge is 0.403 e. The molecule has 0 radical (unpaired) electrons. The van der Waals surface area contributed by atoms with E-state index in [0.29, 0.717) is 11.3 Å². The third-order valence-electron chi connectivity index (χ3n) is 2.80. The van der Waals surface area contributed by atoms with E-state index in [-0.39, 0.29) is 0 Å². The number of hydrogen-bond donors (Lipinski definition) is 1. The zero-order chi connectivity index (χ0) is 15.6. The highest BCUT2D eigenvalue weighted by Crippen LogP contribution is 2.28. The number of halogens is 4. The summed E-state index contributed by atoms with van der Waals surface area (Å²) >= 11 is 0. The molecule has 0 amide bonds. The highest BCUT2D eigenvalue weighted by Gasteiger charge is 2.32. The van der Waals surface area contributed by atoms with Crippen LogP contribution in [0.25, 0.3) is 0 Å². The van der Waals surface area contributed by atoms with E-state index in [2.05, 4.69) is 9.72 Å². The molecular formula is C14H12F4N2O. The molecular weight excluding hydrogens is 288 g/mol. The molecule has 0 saturated heterocycles. The van der Waals surface area contributed by atoms with E-state index in [4.69, 9.17) is 5.73 Å². The fourth-order valence-corrected chi connectivity index (χ4v) is 1.82. The third kappa shape index (κ3) is 3.91. The Balaban J connectivity index is 2.27. The third-order valence-corrected chi connectivity index (χ3v) is 2.80.